The summed E-state index contributed by atoms with van der Waals surface area (Å²) < 4.78 is 16.7. The third-order valence-corrected chi connectivity index (χ3v) is 5.75. The molecule has 8 heteroatoms. The SMILES string of the molecule is CCc1ccc(N2C(=O)NC(=O)/C(=C/c3ccccc3OCc3ccc4c(c3)OCO4)C2=O)cc1. The van der Waals surface area contributed by atoms with E-state index in [1.54, 1.807) is 36.4 Å². The normalized spacial score (nSPS) is 16.0. The number of amides is 4. The van der Waals surface area contributed by atoms with E-state index in [9.17, 15) is 14.4 Å². The standard InChI is InChI=1S/C27H22N2O6/c1-2-17-7-10-20(11-8-17)29-26(31)21(25(30)28-27(29)32)14-19-5-3-4-6-22(19)33-15-18-9-12-23-24(13-18)35-16-34-23/h3-14H,2,15-16H2,1H3,(H,28,30,32)/b21-14-. The number of carbonyl (C=O) groups excluding carboxylic acids is 3. The number of hydrogen-bond donors (Lipinski definition) is 1. The van der Waals surface area contributed by atoms with Crippen molar-refractivity contribution in [2.24, 2.45) is 0 Å². The molecule has 5 rings (SSSR count). The van der Waals surface area contributed by atoms with Gasteiger partial charge in [0.2, 0.25) is 6.79 Å². The number of imide groups is 2. The van der Waals surface area contributed by atoms with Gasteiger partial charge in [0, 0.05) is 5.56 Å². The minimum absolute atomic E-state index is 0.164. The van der Waals surface area contributed by atoms with E-state index in [-0.39, 0.29) is 19.0 Å². The first-order chi connectivity index (χ1) is 17.0. The highest BCUT2D eigenvalue weighted by Crippen LogP contribution is 2.33. The summed E-state index contributed by atoms with van der Waals surface area (Å²) in [5.74, 6) is 0.362. The van der Waals surface area contributed by atoms with E-state index in [0.717, 1.165) is 22.4 Å². The van der Waals surface area contributed by atoms with E-state index < -0.39 is 17.8 Å². The Morgan fingerprint density at radius 2 is 1.69 bits per heavy atom. The molecule has 4 amide bonds. The molecule has 176 valence electrons. The van der Waals surface area contributed by atoms with E-state index in [2.05, 4.69) is 5.32 Å². The third kappa shape index (κ3) is 4.46. The Bertz CT molecular complexity index is 1350. The highest BCUT2D eigenvalue weighted by atomic mass is 16.7. The molecule has 35 heavy (non-hydrogen) atoms. The summed E-state index contributed by atoms with van der Waals surface area (Å²) in [6.45, 7) is 2.44. The minimum atomic E-state index is -0.784. The van der Waals surface area contributed by atoms with Gasteiger partial charge in [0.15, 0.2) is 11.5 Å². The monoisotopic (exact) mass is 470 g/mol. The summed E-state index contributed by atoms with van der Waals surface area (Å²) >= 11 is 0. The van der Waals surface area contributed by atoms with Crippen molar-refractivity contribution >= 4 is 29.6 Å². The van der Waals surface area contributed by atoms with Crippen molar-refractivity contribution in [2.45, 2.75) is 20.0 Å². The lowest BCUT2D eigenvalue weighted by Crippen LogP contribution is -2.54. The molecule has 2 heterocycles. The summed E-state index contributed by atoms with van der Waals surface area (Å²) in [7, 11) is 0. The molecule has 1 fully saturated rings. The molecule has 0 aliphatic carbocycles. The first kappa shape index (κ1) is 22.2. The maximum absolute atomic E-state index is 13.2. The molecule has 3 aromatic rings. The van der Waals surface area contributed by atoms with Crippen LogP contribution in [0.15, 0.2) is 72.3 Å². The number of anilines is 1. The number of aryl methyl sites for hydroxylation is 1. The molecular weight excluding hydrogens is 448 g/mol. The van der Waals surface area contributed by atoms with Crippen LogP contribution in [-0.4, -0.2) is 24.6 Å². The fraction of sp³-hybridized carbons (Fsp3) is 0.148. The zero-order valence-corrected chi connectivity index (χ0v) is 18.9. The lowest BCUT2D eigenvalue weighted by molar-refractivity contribution is -0.122. The minimum Gasteiger partial charge on any atom is -0.488 e. The topological polar surface area (TPSA) is 94.2 Å². The third-order valence-electron chi connectivity index (χ3n) is 5.75. The summed E-state index contributed by atoms with van der Waals surface area (Å²) in [6.07, 6.45) is 2.26. The first-order valence-electron chi connectivity index (χ1n) is 11.1. The predicted molar refractivity (Wildman–Crippen MR) is 128 cm³/mol. The summed E-state index contributed by atoms with van der Waals surface area (Å²) in [4.78, 5) is 39.2. The highest BCUT2D eigenvalue weighted by molar-refractivity contribution is 6.39. The second-order valence-electron chi connectivity index (χ2n) is 7.99. The van der Waals surface area contributed by atoms with Crippen LogP contribution in [0.25, 0.3) is 6.08 Å². The number of carbonyl (C=O) groups is 3. The van der Waals surface area contributed by atoms with E-state index in [0.29, 0.717) is 28.5 Å². The smallest absolute Gasteiger partial charge is 0.335 e. The fourth-order valence-electron chi connectivity index (χ4n) is 3.85. The number of urea groups is 1. The predicted octanol–water partition coefficient (Wildman–Crippen LogP) is 4.22. The van der Waals surface area contributed by atoms with Gasteiger partial charge in [-0.05, 0) is 54.0 Å². The molecule has 0 saturated carbocycles. The van der Waals surface area contributed by atoms with Gasteiger partial charge in [-0.1, -0.05) is 43.3 Å². The first-order valence-corrected chi connectivity index (χ1v) is 11.1. The number of benzene rings is 3. The van der Waals surface area contributed by atoms with Gasteiger partial charge in [0.05, 0.1) is 5.69 Å². The van der Waals surface area contributed by atoms with Crippen LogP contribution < -0.4 is 24.4 Å². The van der Waals surface area contributed by atoms with Crippen molar-refractivity contribution in [1.82, 2.24) is 5.32 Å². The van der Waals surface area contributed by atoms with E-state index >= 15 is 0 Å². The number of barbiturate groups is 1. The average molecular weight is 470 g/mol. The lowest BCUT2D eigenvalue weighted by atomic mass is 10.1. The van der Waals surface area contributed by atoms with Gasteiger partial charge < -0.3 is 14.2 Å². The number of para-hydroxylation sites is 1. The van der Waals surface area contributed by atoms with Crippen LogP contribution >= 0.6 is 0 Å². The highest BCUT2D eigenvalue weighted by Gasteiger charge is 2.37. The molecule has 0 atom stereocenters. The molecule has 0 aromatic heterocycles. The summed E-state index contributed by atoms with van der Waals surface area (Å²) in [5, 5.41) is 2.25. The molecule has 8 nitrogen and oxygen atoms in total. The Kier molecular flexibility index (Phi) is 5.93. The van der Waals surface area contributed by atoms with Crippen LogP contribution in [0.2, 0.25) is 0 Å². The van der Waals surface area contributed by atoms with E-state index in [4.69, 9.17) is 14.2 Å². The molecule has 0 unspecified atom stereocenters. The van der Waals surface area contributed by atoms with Crippen molar-refractivity contribution in [2.75, 3.05) is 11.7 Å². The largest absolute Gasteiger partial charge is 0.488 e. The molecule has 2 aliphatic heterocycles. The summed E-state index contributed by atoms with van der Waals surface area (Å²) in [5.41, 5.74) is 2.69. The Labute approximate surface area is 201 Å². The quantitative estimate of drug-likeness (QED) is 0.428. The van der Waals surface area contributed by atoms with Crippen LogP contribution in [-0.2, 0) is 22.6 Å². The van der Waals surface area contributed by atoms with Gasteiger partial charge in [-0.15, -0.1) is 0 Å². The second-order valence-corrected chi connectivity index (χ2v) is 7.99. The number of ether oxygens (including phenoxy) is 3. The van der Waals surface area contributed by atoms with Crippen LogP contribution in [0.3, 0.4) is 0 Å². The van der Waals surface area contributed by atoms with Gasteiger partial charge in [-0.3, -0.25) is 14.9 Å². The maximum atomic E-state index is 13.2. The van der Waals surface area contributed by atoms with Crippen LogP contribution in [0.1, 0.15) is 23.6 Å². The van der Waals surface area contributed by atoms with Gasteiger partial charge >= 0.3 is 6.03 Å². The number of nitrogens with one attached hydrogen (secondary N) is 1. The Morgan fingerprint density at radius 1 is 0.943 bits per heavy atom. The van der Waals surface area contributed by atoms with Crippen LogP contribution in [0, 0.1) is 0 Å². The maximum Gasteiger partial charge on any atom is 0.335 e. The van der Waals surface area contributed by atoms with Gasteiger partial charge in [-0.2, -0.15) is 0 Å². The molecule has 3 aromatic carbocycles. The van der Waals surface area contributed by atoms with Crippen molar-refractivity contribution in [3.8, 4) is 17.2 Å². The number of rotatable bonds is 6. The van der Waals surface area contributed by atoms with Gasteiger partial charge in [0.1, 0.15) is 17.9 Å². The zero-order chi connectivity index (χ0) is 24.4. The van der Waals surface area contributed by atoms with Crippen molar-refractivity contribution in [3.05, 3.63) is 89.0 Å². The fourth-order valence-corrected chi connectivity index (χ4v) is 3.85. The molecule has 0 spiro atoms. The second kappa shape index (κ2) is 9.34. The van der Waals surface area contributed by atoms with Crippen LogP contribution in [0.5, 0.6) is 17.2 Å². The Morgan fingerprint density at radius 3 is 2.49 bits per heavy atom. The number of fused-ring (bicyclic) bond motifs is 1. The van der Waals surface area contributed by atoms with E-state index in [1.165, 1.54) is 6.08 Å². The molecule has 0 bridgehead atoms. The number of nitrogens with zero attached hydrogens (tertiary/aromatic N) is 1. The molecule has 0 radical (unpaired) electrons. The van der Waals surface area contributed by atoms with Crippen LogP contribution in [0.4, 0.5) is 10.5 Å². The molecule has 2 aliphatic rings. The molecule has 1 N–H and O–H groups in total. The zero-order valence-electron chi connectivity index (χ0n) is 18.9. The van der Waals surface area contributed by atoms with Crippen molar-refractivity contribution < 1.29 is 28.6 Å². The molecule has 1 saturated heterocycles. The summed E-state index contributed by atoms with van der Waals surface area (Å²) in [6, 6.07) is 18.9. The van der Waals surface area contributed by atoms with Crippen molar-refractivity contribution in [3.63, 3.8) is 0 Å². The van der Waals surface area contributed by atoms with Gasteiger partial charge in [0.25, 0.3) is 11.8 Å². The van der Waals surface area contributed by atoms with Crippen molar-refractivity contribution in [1.29, 1.82) is 0 Å². The Balaban J connectivity index is 1.40. The van der Waals surface area contributed by atoms with E-state index in [1.807, 2.05) is 37.3 Å². The lowest BCUT2D eigenvalue weighted by Gasteiger charge is -2.26. The Hall–Kier alpha value is -4.59. The average Bonchev–Trinajstić information content (AvgIpc) is 3.34. The van der Waals surface area contributed by atoms with Gasteiger partial charge in [-0.25, -0.2) is 9.69 Å². The molecular formula is C27H22N2O6. The number of hydrogen-bond acceptors (Lipinski definition) is 6.